The highest BCUT2D eigenvalue weighted by atomic mass is 79.9. The Labute approximate surface area is 193 Å². The lowest BCUT2D eigenvalue weighted by Crippen LogP contribution is -2.18. The van der Waals surface area contributed by atoms with E-state index in [2.05, 4.69) is 26.5 Å². The average molecular weight is 494 g/mol. The lowest BCUT2D eigenvalue weighted by atomic mass is 10.1. The average Bonchev–Trinajstić information content (AvgIpc) is 3.06. The van der Waals surface area contributed by atoms with Crippen molar-refractivity contribution < 1.29 is 13.9 Å². The minimum atomic E-state index is -0.378. The molecule has 0 aliphatic carbocycles. The van der Waals surface area contributed by atoms with Gasteiger partial charge in [-0.05, 0) is 61.0 Å². The van der Waals surface area contributed by atoms with Gasteiger partial charge in [-0.3, -0.25) is 4.79 Å². The second-order valence-corrected chi connectivity index (χ2v) is 8.27. The van der Waals surface area contributed by atoms with E-state index >= 15 is 0 Å². The third-order valence-electron chi connectivity index (χ3n) is 5.30. The number of rotatable bonds is 5. The van der Waals surface area contributed by atoms with Crippen molar-refractivity contribution in [3.63, 3.8) is 0 Å². The number of aryl methyl sites for hydroxylation is 1. The highest BCUT2D eigenvalue weighted by Crippen LogP contribution is 2.26. The zero-order valence-corrected chi connectivity index (χ0v) is 19.4. The van der Waals surface area contributed by atoms with E-state index in [4.69, 9.17) is 4.74 Å². The van der Waals surface area contributed by atoms with Crippen molar-refractivity contribution in [3.05, 3.63) is 93.5 Å². The Morgan fingerprint density at radius 1 is 1.09 bits per heavy atom. The standard InChI is InChI=1S/C25H21BrFN3O2/c1-15-10-19(16(2)30(15)23-9-8-20(26)13-22(23)27)14-28-29-25(31)21-11-17-6-4-5-7-18(17)12-24(21)32-3/h4-14H,1-3H3,(H,29,31). The molecule has 3 aromatic carbocycles. The van der Waals surface area contributed by atoms with Crippen LogP contribution in [0.2, 0.25) is 0 Å². The smallest absolute Gasteiger partial charge is 0.275 e. The first kappa shape index (κ1) is 21.8. The molecule has 4 rings (SSSR count). The number of nitrogens with zero attached hydrogens (tertiary/aromatic N) is 2. The molecule has 0 bridgehead atoms. The molecule has 32 heavy (non-hydrogen) atoms. The molecule has 1 amide bonds. The Morgan fingerprint density at radius 3 is 2.50 bits per heavy atom. The molecule has 1 heterocycles. The first-order chi connectivity index (χ1) is 15.4. The van der Waals surface area contributed by atoms with Crippen LogP contribution in [0.25, 0.3) is 16.5 Å². The van der Waals surface area contributed by atoms with E-state index in [1.165, 1.54) is 13.2 Å². The van der Waals surface area contributed by atoms with E-state index in [1.807, 2.05) is 54.8 Å². The zero-order chi connectivity index (χ0) is 22.8. The Kier molecular flexibility index (Phi) is 6.10. The van der Waals surface area contributed by atoms with Crippen molar-refractivity contribution in [3.8, 4) is 11.4 Å². The van der Waals surface area contributed by atoms with Crippen molar-refractivity contribution in [2.75, 3.05) is 7.11 Å². The summed E-state index contributed by atoms with van der Waals surface area (Å²) in [7, 11) is 1.53. The summed E-state index contributed by atoms with van der Waals surface area (Å²) in [5.41, 5.74) is 5.85. The maximum Gasteiger partial charge on any atom is 0.275 e. The summed E-state index contributed by atoms with van der Waals surface area (Å²) in [6.45, 7) is 3.77. The number of nitrogens with one attached hydrogen (secondary N) is 1. The number of halogens is 2. The van der Waals surface area contributed by atoms with Gasteiger partial charge in [0.25, 0.3) is 5.91 Å². The van der Waals surface area contributed by atoms with Crippen molar-refractivity contribution in [2.24, 2.45) is 5.10 Å². The van der Waals surface area contributed by atoms with Crippen molar-refractivity contribution >= 4 is 38.8 Å². The van der Waals surface area contributed by atoms with Gasteiger partial charge >= 0.3 is 0 Å². The van der Waals surface area contributed by atoms with Gasteiger partial charge in [-0.1, -0.05) is 40.2 Å². The molecule has 0 unspecified atom stereocenters. The van der Waals surface area contributed by atoms with E-state index in [-0.39, 0.29) is 11.7 Å². The van der Waals surface area contributed by atoms with Gasteiger partial charge in [0.2, 0.25) is 0 Å². The Hall–Kier alpha value is -3.45. The number of hydrogen-bond donors (Lipinski definition) is 1. The van der Waals surface area contributed by atoms with Crippen LogP contribution in [0.3, 0.4) is 0 Å². The van der Waals surface area contributed by atoms with Gasteiger partial charge < -0.3 is 9.30 Å². The first-order valence-electron chi connectivity index (χ1n) is 9.93. The number of amides is 1. The van der Waals surface area contributed by atoms with Gasteiger partial charge in [0.15, 0.2) is 0 Å². The maximum atomic E-state index is 14.5. The van der Waals surface area contributed by atoms with Gasteiger partial charge in [0, 0.05) is 21.4 Å². The largest absolute Gasteiger partial charge is 0.496 e. The highest BCUT2D eigenvalue weighted by Gasteiger charge is 2.15. The maximum absolute atomic E-state index is 14.5. The number of fused-ring (bicyclic) bond motifs is 1. The molecule has 0 radical (unpaired) electrons. The van der Waals surface area contributed by atoms with Gasteiger partial charge in [-0.25, -0.2) is 9.82 Å². The van der Waals surface area contributed by atoms with Crippen molar-refractivity contribution in [1.82, 2.24) is 9.99 Å². The highest BCUT2D eigenvalue weighted by molar-refractivity contribution is 9.10. The Balaban J connectivity index is 1.59. The Bertz CT molecular complexity index is 1360. The van der Waals surface area contributed by atoms with Crippen LogP contribution in [-0.2, 0) is 0 Å². The molecular formula is C25H21BrFN3O2. The van der Waals surface area contributed by atoms with E-state index in [0.29, 0.717) is 21.5 Å². The Morgan fingerprint density at radius 2 is 1.81 bits per heavy atom. The molecule has 0 saturated carbocycles. The molecule has 4 aromatic rings. The second kappa shape index (κ2) is 8.96. The summed E-state index contributed by atoms with van der Waals surface area (Å²) in [5.74, 6) is -0.238. The van der Waals surface area contributed by atoms with Gasteiger partial charge in [-0.15, -0.1) is 0 Å². The molecule has 0 aliphatic rings. The van der Waals surface area contributed by atoms with Crippen LogP contribution in [0.5, 0.6) is 5.75 Å². The number of benzene rings is 3. The van der Waals surface area contributed by atoms with Crippen LogP contribution in [0.15, 0.2) is 70.2 Å². The van der Waals surface area contributed by atoms with E-state index in [1.54, 1.807) is 24.4 Å². The molecule has 0 saturated heterocycles. The fourth-order valence-corrected chi connectivity index (χ4v) is 4.07. The van der Waals surface area contributed by atoms with Crippen LogP contribution < -0.4 is 10.2 Å². The molecule has 0 atom stereocenters. The predicted octanol–water partition coefficient (Wildman–Crippen LogP) is 5.92. The number of hydrogen-bond acceptors (Lipinski definition) is 3. The van der Waals surface area contributed by atoms with Crippen LogP contribution in [-0.4, -0.2) is 23.8 Å². The number of methoxy groups -OCH3 is 1. The quantitative estimate of drug-likeness (QED) is 0.277. The summed E-state index contributed by atoms with van der Waals surface area (Å²) < 4.78 is 22.4. The third-order valence-corrected chi connectivity index (χ3v) is 5.80. The molecule has 162 valence electrons. The van der Waals surface area contributed by atoms with Crippen LogP contribution >= 0.6 is 15.9 Å². The van der Waals surface area contributed by atoms with Crippen LogP contribution in [0.1, 0.15) is 27.3 Å². The van der Waals surface area contributed by atoms with Gasteiger partial charge in [-0.2, -0.15) is 5.10 Å². The number of hydrazone groups is 1. The monoisotopic (exact) mass is 493 g/mol. The lowest BCUT2D eigenvalue weighted by molar-refractivity contribution is 0.0952. The number of ether oxygens (including phenoxy) is 1. The summed E-state index contributed by atoms with van der Waals surface area (Å²) in [4.78, 5) is 12.7. The summed E-state index contributed by atoms with van der Waals surface area (Å²) in [6.07, 6.45) is 1.56. The lowest BCUT2D eigenvalue weighted by Gasteiger charge is -2.11. The van der Waals surface area contributed by atoms with Crippen LogP contribution in [0, 0.1) is 19.7 Å². The first-order valence-corrected chi connectivity index (χ1v) is 10.7. The minimum absolute atomic E-state index is 0.332. The summed E-state index contributed by atoms with van der Waals surface area (Å²) in [5, 5.41) is 6.04. The predicted molar refractivity (Wildman–Crippen MR) is 128 cm³/mol. The molecule has 0 fully saturated rings. The zero-order valence-electron chi connectivity index (χ0n) is 17.8. The summed E-state index contributed by atoms with van der Waals surface area (Å²) in [6, 6.07) is 18.2. The number of aromatic nitrogens is 1. The molecule has 0 aliphatic heterocycles. The second-order valence-electron chi connectivity index (χ2n) is 7.36. The van der Waals surface area contributed by atoms with Gasteiger partial charge in [0.05, 0.1) is 24.6 Å². The molecule has 7 heteroatoms. The van der Waals surface area contributed by atoms with E-state index < -0.39 is 0 Å². The molecule has 1 aromatic heterocycles. The van der Waals surface area contributed by atoms with Crippen molar-refractivity contribution in [2.45, 2.75) is 13.8 Å². The summed E-state index contributed by atoms with van der Waals surface area (Å²) >= 11 is 3.28. The SMILES string of the molecule is COc1cc2ccccc2cc1C(=O)NN=Cc1cc(C)n(-c2ccc(Br)cc2F)c1C. The fourth-order valence-electron chi connectivity index (χ4n) is 3.74. The molecule has 5 nitrogen and oxygen atoms in total. The third kappa shape index (κ3) is 4.16. The van der Waals surface area contributed by atoms with E-state index in [9.17, 15) is 9.18 Å². The van der Waals surface area contributed by atoms with Crippen LogP contribution in [0.4, 0.5) is 4.39 Å². The molecule has 0 spiro atoms. The van der Waals surface area contributed by atoms with E-state index in [0.717, 1.165) is 27.7 Å². The molecule has 1 N–H and O–H groups in total. The molecular weight excluding hydrogens is 473 g/mol. The number of carbonyl (C=O) groups excluding carboxylic acids is 1. The topological polar surface area (TPSA) is 55.6 Å². The minimum Gasteiger partial charge on any atom is -0.496 e. The number of carbonyl (C=O) groups is 1. The fraction of sp³-hybridized carbons (Fsp3) is 0.120. The normalized spacial score (nSPS) is 11.3. The van der Waals surface area contributed by atoms with Gasteiger partial charge in [0.1, 0.15) is 11.6 Å². The van der Waals surface area contributed by atoms with Crippen molar-refractivity contribution in [1.29, 1.82) is 0 Å².